The van der Waals surface area contributed by atoms with Gasteiger partial charge in [0.2, 0.25) is 10.6 Å². The van der Waals surface area contributed by atoms with Gasteiger partial charge in [-0.2, -0.15) is 5.26 Å². The second-order valence-electron chi connectivity index (χ2n) is 13.3. The molecule has 2 aromatic rings. The molecule has 1 unspecified atom stereocenters. The number of methoxy groups -OCH3 is 1. The first-order valence-electron chi connectivity index (χ1n) is 16.4. The van der Waals surface area contributed by atoms with Crippen molar-refractivity contribution in [2.75, 3.05) is 39.9 Å². The molecule has 5 aliphatic heterocycles. The van der Waals surface area contributed by atoms with Crippen LogP contribution in [0.1, 0.15) is 57.6 Å². The average molecular weight is 798 g/mol. The monoisotopic (exact) mass is 796 g/mol. The van der Waals surface area contributed by atoms with E-state index in [-0.39, 0.29) is 36.7 Å². The quantitative estimate of drug-likeness (QED) is 0.248. The van der Waals surface area contributed by atoms with Gasteiger partial charge in [0.15, 0.2) is 23.0 Å². The second-order valence-corrected chi connectivity index (χ2v) is 17.0. The summed E-state index contributed by atoms with van der Waals surface area (Å²) in [5.41, 5.74) is 3.97. The summed E-state index contributed by atoms with van der Waals surface area (Å²) in [6, 6.07) is 0.309. The molecule has 7 rings (SSSR count). The van der Waals surface area contributed by atoms with Crippen molar-refractivity contribution in [1.29, 1.82) is 5.26 Å². The fourth-order valence-electron chi connectivity index (χ4n) is 8.40. The number of esters is 2. The predicted molar refractivity (Wildman–Crippen MR) is 188 cm³/mol. The van der Waals surface area contributed by atoms with E-state index in [2.05, 4.69) is 21.2 Å². The molecule has 0 radical (unpaired) electrons. The standard InChI is InChI=1S/C34H35Cl3N4O10S/c1-13-6-16-7-18-19(8-38)41-20-9-47-32(44)17(39-33(45)48-11-34(35,36)37)10-52-31(25(41)24(40(18)4)21(16)26(43)27(13)46-5)23-22(20)30-29(49-12-50-30)14(2)28(23)51-15(3)42/h6,17-20,24-25,31,43H,7,9-12H2,1-5H3,(H,39,45)/t17-,18-,19-,20-,24-,25+,31?/m0/s1. The van der Waals surface area contributed by atoms with E-state index < -0.39 is 63.9 Å². The van der Waals surface area contributed by atoms with Gasteiger partial charge in [0, 0.05) is 47.0 Å². The largest absolute Gasteiger partial charge is 0.504 e. The van der Waals surface area contributed by atoms with Gasteiger partial charge in [0.05, 0.1) is 30.5 Å². The van der Waals surface area contributed by atoms with E-state index >= 15 is 0 Å². The number of amides is 1. The van der Waals surface area contributed by atoms with E-state index in [1.165, 1.54) is 25.8 Å². The van der Waals surface area contributed by atoms with Gasteiger partial charge >= 0.3 is 18.0 Å². The molecule has 18 heteroatoms. The Labute approximate surface area is 318 Å². The number of hydrogen-bond acceptors (Lipinski definition) is 14. The van der Waals surface area contributed by atoms with Crippen molar-refractivity contribution in [3.8, 4) is 34.8 Å². The van der Waals surface area contributed by atoms with Crippen LogP contribution in [-0.2, 0) is 25.5 Å². The van der Waals surface area contributed by atoms with Crippen LogP contribution in [0.4, 0.5) is 4.79 Å². The summed E-state index contributed by atoms with van der Waals surface area (Å²) in [6.07, 6.45) is -0.553. The molecule has 4 bridgehead atoms. The normalized spacial score (nSPS) is 27.7. The minimum atomic E-state index is -1.88. The zero-order chi connectivity index (χ0) is 37.4. The lowest BCUT2D eigenvalue weighted by Gasteiger charge is -2.61. The lowest BCUT2D eigenvalue weighted by molar-refractivity contribution is -0.151. The number of piperazine rings is 1. The van der Waals surface area contributed by atoms with E-state index in [4.69, 9.17) is 63.2 Å². The zero-order valence-corrected chi connectivity index (χ0v) is 31.7. The molecule has 0 spiro atoms. The van der Waals surface area contributed by atoms with Crippen LogP contribution in [0.2, 0.25) is 0 Å². The molecule has 2 N–H and O–H groups in total. The average Bonchev–Trinajstić information content (AvgIpc) is 3.57. The number of halogens is 3. The van der Waals surface area contributed by atoms with Crippen molar-refractivity contribution >= 4 is 64.6 Å². The lowest BCUT2D eigenvalue weighted by Crippen LogP contribution is -2.69. The van der Waals surface area contributed by atoms with Crippen LogP contribution in [0.3, 0.4) is 0 Å². The van der Waals surface area contributed by atoms with Crippen molar-refractivity contribution in [1.82, 2.24) is 15.1 Å². The number of nitrogens with zero attached hydrogens (tertiary/aromatic N) is 3. The Kier molecular flexibility index (Phi) is 9.71. The van der Waals surface area contributed by atoms with Crippen molar-refractivity contribution in [3.63, 3.8) is 0 Å². The maximum absolute atomic E-state index is 13.7. The minimum absolute atomic E-state index is 0.00825. The summed E-state index contributed by atoms with van der Waals surface area (Å²) in [5.74, 6) is -0.00818. The topological polar surface area (TPSA) is 169 Å². The molecule has 0 aromatic heterocycles. The van der Waals surface area contributed by atoms with E-state index in [0.717, 1.165) is 11.1 Å². The number of alkyl halides is 3. The number of fused-ring (bicyclic) bond motifs is 9. The van der Waals surface area contributed by atoms with Gasteiger partial charge in [-0.3, -0.25) is 14.6 Å². The number of aromatic hydroxyl groups is 1. The van der Waals surface area contributed by atoms with E-state index in [0.29, 0.717) is 45.9 Å². The molecule has 2 fully saturated rings. The highest BCUT2D eigenvalue weighted by molar-refractivity contribution is 7.99. The lowest BCUT2D eigenvalue weighted by atomic mass is 9.71. The van der Waals surface area contributed by atoms with Crippen LogP contribution in [-0.4, -0.2) is 101 Å². The SMILES string of the molecule is COc1c(C)cc2c(c1O)[C@H]1[C@@H]3C4SC[C@H](NC(=O)OCC(Cl)(Cl)Cl)C(=O)OC[C@@H](c5c6c(c(C)c(OC(C)=O)c54)OCO6)N3[C@@H](C#N)[C@H](C2)N1C. The Morgan fingerprint density at radius 1 is 1.15 bits per heavy atom. The number of thioether (sulfide) groups is 1. The highest BCUT2D eigenvalue weighted by Crippen LogP contribution is 2.64. The van der Waals surface area contributed by atoms with Gasteiger partial charge in [-0.15, -0.1) is 11.8 Å². The van der Waals surface area contributed by atoms with Crippen LogP contribution >= 0.6 is 46.6 Å². The number of alkyl carbamates (subject to hydrolysis) is 1. The number of ether oxygens (including phenoxy) is 6. The minimum Gasteiger partial charge on any atom is -0.504 e. The summed E-state index contributed by atoms with van der Waals surface area (Å²) < 4.78 is 32.8. The number of aryl methyl sites for hydroxylation is 1. The molecule has 52 heavy (non-hydrogen) atoms. The first kappa shape index (κ1) is 36.8. The summed E-state index contributed by atoms with van der Waals surface area (Å²) in [7, 11) is 3.42. The number of nitrogens with one attached hydrogen (secondary N) is 1. The summed E-state index contributed by atoms with van der Waals surface area (Å²) in [6.45, 7) is 3.97. The summed E-state index contributed by atoms with van der Waals surface area (Å²) in [5, 5.41) is 24.7. The first-order valence-corrected chi connectivity index (χ1v) is 18.6. The fourth-order valence-corrected chi connectivity index (χ4v) is 10.1. The number of cyclic esters (lactones) is 1. The highest BCUT2D eigenvalue weighted by atomic mass is 35.6. The van der Waals surface area contributed by atoms with Gasteiger partial charge in [-0.1, -0.05) is 40.9 Å². The Bertz CT molecular complexity index is 1900. The Hall–Kier alpha value is -3.52. The third kappa shape index (κ3) is 6.01. The molecule has 278 valence electrons. The molecule has 2 saturated heterocycles. The van der Waals surface area contributed by atoms with Crippen molar-refractivity contribution in [3.05, 3.63) is 39.4 Å². The molecule has 5 heterocycles. The Morgan fingerprint density at radius 3 is 2.56 bits per heavy atom. The van der Waals surface area contributed by atoms with Crippen LogP contribution in [0.25, 0.3) is 0 Å². The van der Waals surface area contributed by atoms with Crippen LogP contribution in [0, 0.1) is 25.2 Å². The number of phenolic OH excluding ortho intramolecular Hbond substituents is 1. The van der Waals surface area contributed by atoms with Crippen molar-refractivity contribution < 1.29 is 47.9 Å². The molecule has 5 aliphatic rings. The molecular formula is C34H35Cl3N4O10S. The van der Waals surface area contributed by atoms with Crippen molar-refractivity contribution in [2.45, 2.75) is 72.5 Å². The number of carbonyl (C=O) groups excluding carboxylic acids is 3. The maximum atomic E-state index is 13.7. The van der Waals surface area contributed by atoms with Crippen LogP contribution in [0.5, 0.6) is 28.7 Å². The maximum Gasteiger partial charge on any atom is 0.408 e. The number of carbonyl (C=O) groups is 3. The van der Waals surface area contributed by atoms with Gasteiger partial charge in [0.1, 0.15) is 31.0 Å². The number of benzene rings is 2. The van der Waals surface area contributed by atoms with Gasteiger partial charge in [0.25, 0.3) is 0 Å². The van der Waals surface area contributed by atoms with E-state index in [1.807, 2.05) is 20.0 Å². The number of likely N-dealkylation sites (N-methyl/N-ethyl adjacent to an activating group) is 1. The Morgan fingerprint density at radius 2 is 1.88 bits per heavy atom. The zero-order valence-electron chi connectivity index (χ0n) is 28.7. The number of rotatable bonds is 4. The third-order valence-corrected chi connectivity index (χ3v) is 12.0. The number of hydrogen-bond donors (Lipinski definition) is 2. The first-order chi connectivity index (χ1) is 24.7. The Balaban J connectivity index is 1.45. The molecule has 0 aliphatic carbocycles. The molecule has 0 saturated carbocycles. The smallest absolute Gasteiger partial charge is 0.408 e. The van der Waals surface area contributed by atoms with Crippen LogP contribution in [0.15, 0.2) is 6.07 Å². The molecule has 2 aromatic carbocycles. The molecular weight excluding hydrogens is 763 g/mol. The fraction of sp³-hybridized carbons (Fsp3) is 0.529. The van der Waals surface area contributed by atoms with Crippen LogP contribution < -0.4 is 24.3 Å². The highest BCUT2D eigenvalue weighted by Gasteiger charge is 2.60. The third-order valence-electron chi connectivity index (χ3n) is 10.3. The summed E-state index contributed by atoms with van der Waals surface area (Å²) >= 11 is 18.6. The van der Waals surface area contributed by atoms with Gasteiger partial charge < -0.3 is 38.8 Å². The van der Waals surface area contributed by atoms with E-state index in [9.17, 15) is 24.8 Å². The van der Waals surface area contributed by atoms with Gasteiger partial charge in [-0.25, -0.2) is 9.59 Å². The summed E-state index contributed by atoms with van der Waals surface area (Å²) in [4.78, 5) is 43.4. The molecule has 7 atom stereocenters. The van der Waals surface area contributed by atoms with E-state index in [1.54, 1.807) is 6.92 Å². The van der Waals surface area contributed by atoms with Crippen molar-refractivity contribution in [2.24, 2.45) is 0 Å². The number of nitriles is 1. The molecule has 14 nitrogen and oxygen atoms in total. The number of phenols is 1. The molecule has 1 amide bonds. The predicted octanol–water partition coefficient (Wildman–Crippen LogP) is 4.70. The second kappa shape index (κ2) is 13.7. The van der Waals surface area contributed by atoms with Gasteiger partial charge in [-0.05, 0) is 38.4 Å².